The zero-order valence-corrected chi connectivity index (χ0v) is 10.4. The summed E-state index contributed by atoms with van der Waals surface area (Å²) in [6.07, 6.45) is 11.8. The molecule has 0 aliphatic carbocycles. The van der Waals surface area contributed by atoms with E-state index in [0.29, 0.717) is 11.2 Å². The Morgan fingerprint density at radius 3 is 2.89 bits per heavy atom. The quantitative estimate of drug-likeness (QED) is 0.852. The van der Waals surface area contributed by atoms with Gasteiger partial charge in [0.05, 0.1) is 29.8 Å². The highest BCUT2D eigenvalue weighted by atomic mass is 16.4. The molecular weight excluding hydrogens is 242 g/mol. The van der Waals surface area contributed by atoms with Crippen LogP contribution in [0.2, 0.25) is 0 Å². The van der Waals surface area contributed by atoms with Gasteiger partial charge in [0.15, 0.2) is 0 Å². The summed E-state index contributed by atoms with van der Waals surface area (Å²) in [4.78, 5) is 15.3. The van der Waals surface area contributed by atoms with Crippen molar-refractivity contribution in [2.24, 2.45) is 0 Å². The number of rotatable bonds is 4. The summed E-state index contributed by atoms with van der Waals surface area (Å²) in [6, 6.07) is 0. The first-order chi connectivity index (χ1) is 9.17. The molecule has 0 spiro atoms. The summed E-state index contributed by atoms with van der Waals surface area (Å²) in [5.41, 5.74) is 2.19. The van der Waals surface area contributed by atoms with Gasteiger partial charge in [-0.2, -0.15) is 5.10 Å². The predicted molar refractivity (Wildman–Crippen MR) is 72.9 cm³/mol. The third-order valence-corrected chi connectivity index (χ3v) is 2.57. The summed E-state index contributed by atoms with van der Waals surface area (Å²) < 4.78 is 1.51. The Kier molecular flexibility index (Phi) is 3.56. The molecule has 2 aromatic rings. The van der Waals surface area contributed by atoms with E-state index in [0.717, 1.165) is 5.57 Å². The van der Waals surface area contributed by atoms with Crippen LogP contribution in [0.3, 0.4) is 0 Å². The van der Waals surface area contributed by atoms with Crippen molar-refractivity contribution >= 4 is 17.1 Å². The largest absolute Gasteiger partial charge is 0.478 e. The average molecular weight is 255 g/mol. The van der Waals surface area contributed by atoms with Crippen molar-refractivity contribution in [3.8, 4) is 0 Å². The molecule has 96 valence electrons. The maximum absolute atomic E-state index is 11.0. The predicted octanol–water partition coefficient (Wildman–Crippen LogP) is 2.57. The van der Waals surface area contributed by atoms with Crippen molar-refractivity contribution < 1.29 is 9.90 Å². The molecule has 0 fully saturated rings. The van der Waals surface area contributed by atoms with Gasteiger partial charge in [0, 0.05) is 5.57 Å². The number of allylic oxidation sites excluding steroid dienone is 5. The van der Waals surface area contributed by atoms with Gasteiger partial charge in [-0.15, -0.1) is 0 Å². The monoisotopic (exact) mass is 255 g/mol. The Hall–Kier alpha value is -2.69. The summed E-state index contributed by atoms with van der Waals surface area (Å²) in [7, 11) is 0. The zero-order chi connectivity index (χ0) is 13.8. The molecule has 0 radical (unpaired) electrons. The van der Waals surface area contributed by atoms with Crippen molar-refractivity contribution in [2.75, 3.05) is 0 Å². The van der Waals surface area contributed by atoms with Crippen LogP contribution in [0.1, 0.15) is 23.0 Å². The molecule has 0 saturated heterocycles. The molecule has 0 saturated carbocycles. The molecule has 0 aliphatic rings. The van der Waals surface area contributed by atoms with E-state index >= 15 is 0 Å². The first kappa shape index (κ1) is 12.8. The van der Waals surface area contributed by atoms with Crippen LogP contribution in [0.5, 0.6) is 0 Å². The number of fused-ring (bicyclic) bond motifs is 1. The molecule has 2 heterocycles. The fourth-order valence-corrected chi connectivity index (χ4v) is 1.73. The number of aromatic carboxylic acids is 1. The van der Waals surface area contributed by atoms with Gasteiger partial charge in [0.1, 0.15) is 5.56 Å². The maximum Gasteiger partial charge on any atom is 0.339 e. The van der Waals surface area contributed by atoms with Gasteiger partial charge >= 0.3 is 5.97 Å². The number of carboxylic acids is 1. The van der Waals surface area contributed by atoms with Crippen LogP contribution in [0.15, 0.2) is 49.5 Å². The van der Waals surface area contributed by atoms with E-state index in [1.165, 1.54) is 16.9 Å². The number of carboxylic acid groups (broad SMARTS) is 1. The van der Waals surface area contributed by atoms with E-state index in [4.69, 9.17) is 5.11 Å². The molecule has 0 aromatic carbocycles. The highest BCUT2D eigenvalue weighted by Gasteiger charge is 2.12. The third-order valence-electron chi connectivity index (χ3n) is 2.57. The number of carbonyl (C=O) groups is 1. The summed E-state index contributed by atoms with van der Waals surface area (Å²) in [6.45, 7) is 5.57. The van der Waals surface area contributed by atoms with Gasteiger partial charge in [-0.25, -0.2) is 9.31 Å². The standard InChI is InChI=1S/C14H13N3O2/c1-3-5-10(6-4-2)12-9-17-13(8-15-12)11(7-16-17)14(18)19/h3-9H,1H2,2H3,(H,18,19)/b6-4-,10-5+. The van der Waals surface area contributed by atoms with Crippen LogP contribution in [-0.4, -0.2) is 25.7 Å². The van der Waals surface area contributed by atoms with E-state index in [1.54, 1.807) is 12.3 Å². The molecule has 5 nitrogen and oxygen atoms in total. The lowest BCUT2D eigenvalue weighted by atomic mass is 10.1. The molecule has 0 aliphatic heterocycles. The van der Waals surface area contributed by atoms with Crippen molar-refractivity contribution in [1.82, 2.24) is 14.6 Å². The third kappa shape index (κ3) is 2.44. The maximum atomic E-state index is 11.0. The van der Waals surface area contributed by atoms with Crippen LogP contribution in [0.4, 0.5) is 0 Å². The molecule has 2 aromatic heterocycles. The molecule has 0 bridgehead atoms. The summed E-state index contributed by atoms with van der Waals surface area (Å²) >= 11 is 0. The van der Waals surface area contributed by atoms with E-state index in [1.807, 2.05) is 25.2 Å². The molecule has 0 unspecified atom stereocenters. The second kappa shape index (κ2) is 5.30. The van der Waals surface area contributed by atoms with E-state index in [2.05, 4.69) is 16.7 Å². The lowest BCUT2D eigenvalue weighted by Crippen LogP contribution is -1.98. The lowest BCUT2D eigenvalue weighted by molar-refractivity contribution is 0.0699. The number of hydrogen-bond acceptors (Lipinski definition) is 3. The SMILES string of the molecule is C=C/C=C(\C=C/C)c1cn2ncc(C(=O)O)c2cn1. The molecule has 5 heteroatoms. The second-order valence-electron chi connectivity index (χ2n) is 3.82. The minimum atomic E-state index is -1.01. The molecule has 1 N–H and O–H groups in total. The van der Waals surface area contributed by atoms with Gasteiger partial charge in [-0.3, -0.25) is 4.98 Å². The Labute approximate surface area is 110 Å². The topological polar surface area (TPSA) is 67.5 Å². The Bertz CT molecular complexity index is 696. The van der Waals surface area contributed by atoms with Gasteiger partial charge in [-0.1, -0.05) is 30.9 Å². The number of hydrogen-bond donors (Lipinski definition) is 1. The van der Waals surface area contributed by atoms with Gasteiger partial charge < -0.3 is 5.11 Å². The van der Waals surface area contributed by atoms with Crippen molar-refractivity contribution in [1.29, 1.82) is 0 Å². The van der Waals surface area contributed by atoms with E-state index < -0.39 is 5.97 Å². The Balaban J connectivity index is 2.56. The van der Waals surface area contributed by atoms with E-state index in [9.17, 15) is 4.79 Å². The first-order valence-electron chi connectivity index (χ1n) is 5.70. The molecular formula is C14H13N3O2. The minimum Gasteiger partial charge on any atom is -0.478 e. The van der Waals surface area contributed by atoms with Crippen LogP contribution in [0.25, 0.3) is 11.1 Å². The second-order valence-corrected chi connectivity index (χ2v) is 3.82. The fraction of sp³-hybridized carbons (Fsp3) is 0.0714. The van der Waals surface area contributed by atoms with Crippen LogP contribution >= 0.6 is 0 Å². The highest BCUT2D eigenvalue weighted by molar-refractivity contribution is 5.95. The van der Waals surface area contributed by atoms with E-state index in [-0.39, 0.29) is 5.56 Å². The number of aromatic nitrogens is 3. The smallest absolute Gasteiger partial charge is 0.339 e. The van der Waals surface area contributed by atoms with Crippen LogP contribution < -0.4 is 0 Å². The first-order valence-corrected chi connectivity index (χ1v) is 5.70. The van der Waals surface area contributed by atoms with Crippen molar-refractivity contribution in [3.05, 3.63) is 60.7 Å². The number of nitrogens with zero attached hydrogens (tertiary/aromatic N) is 3. The van der Waals surface area contributed by atoms with Gasteiger partial charge in [-0.05, 0) is 6.92 Å². The van der Waals surface area contributed by atoms with Crippen LogP contribution in [0, 0.1) is 0 Å². The fourth-order valence-electron chi connectivity index (χ4n) is 1.73. The lowest BCUT2D eigenvalue weighted by Gasteiger charge is -2.02. The molecule has 0 amide bonds. The average Bonchev–Trinajstić information content (AvgIpc) is 2.81. The molecule has 19 heavy (non-hydrogen) atoms. The summed E-state index contributed by atoms with van der Waals surface area (Å²) in [5.74, 6) is -1.01. The normalized spacial score (nSPS) is 12.2. The highest BCUT2D eigenvalue weighted by Crippen LogP contribution is 2.16. The van der Waals surface area contributed by atoms with Gasteiger partial charge in [0.2, 0.25) is 0 Å². The van der Waals surface area contributed by atoms with Crippen LogP contribution in [-0.2, 0) is 0 Å². The molecule has 0 atom stereocenters. The zero-order valence-electron chi connectivity index (χ0n) is 10.4. The Morgan fingerprint density at radius 1 is 1.47 bits per heavy atom. The Morgan fingerprint density at radius 2 is 2.26 bits per heavy atom. The minimum absolute atomic E-state index is 0.138. The summed E-state index contributed by atoms with van der Waals surface area (Å²) in [5, 5.41) is 13.0. The van der Waals surface area contributed by atoms with Crippen molar-refractivity contribution in [2.45, 2.75) is 6.92 Å². The van der Waals surface area contributed by atoms with Gasteiger partial charge in [0.25, 0.3) is 0 Å². The van der Waals surface area contributed by atoms with Crippen molar-refractivity contribution in [3.63, 3.8) is 0 Å². The molecule has 2 rings (SSSR count).